The highest BCUT2D eigenvalue weighted by Gasteiger charge is 2.24. The van der Waals surface area contributed by atoms with E-state index in [-0.39, 0.29) is 0 Å². The quantitative estimate of drug-likeness (QED) is 0.597. The zero-order valence-electron chi connectivity index (χ0n) is 7.25. The van der Waals surface area contributed by atoms with Gasteiger partial charge in [-0.15, -0.1) is 0 Å². The van der Waals surface area contributed by atoms with Crippen molar-refractivity contribution in [1.29, 1.82) is 0 Å². The molecule has 1 fully saturated rings. The molecule has 1 heterocycles. The summed E-state index contributed by atoms with van der Waals surface area (Å²) in [6.45, 7) is 6.19. The number of hydrogen-bond donors (Lipinski definition) is 0. The molecule has 0 aromatic heterocycles. The predicted octanol–water partition coefficient (Wildman–Crippen LogP) is 0.874. The standard InChI is InChI=1S/C8H16NO2/c1-3-8(10)9-4-5-11-6-7(9)2/h7-8H,3-6H2,1-2H3. The van der Waals surface area contributed by atoms with Crippen molar-refractivity contribution in [3.05, 3.63) is 0 Å². The summed E-state index contributed by atoms with van der Waals surface area (Å²) in [5, 5.41) is 11.3. The lowest BCUT2D eigenvalue weighted by atomic mass is 10.2. The van der Waals surface area contributed by atoms with E-state index in [2.05, 4.69) is 0 Å². The SMILES string of the molecule is CCC([O])N1CCOCC1C. The van der Waals surface area contributed by atoms with Crippen LogP contribution in [0.4, 0.5) is 0 Å². The number of ether oxygens (including phenoxy) is 1. The molecule has 1 saturated heterocycles. The van der Waals surface area contributed by atoms with Crippen molar-refractivity contribution in [2.75, 3.05) is 19.8 Å². The molecule has 1 radical (unpaired) electrons. The number of nitrogens with zero attached hydrogens (tertiary/aromatic N) is 1. The molecule has 2 atom stereocenters. The van der Waals surface area contributed by atoms with E-state index in [1.807, 2.05) is 18.7 Å². The normalized spacial score (nSPS) is 30.3. The molecule has 11 heavy (non-hydrogen) atoms. The molecule has 1 rings (SSSR count). The summed E-state index contributed by atoms with van der Waals surface area (Å²) in [6.07, 6.45) is 0.151. The summed E-state index contributed by atoms with van der Waals surface area (Å²) in [6, 6.07) is 0.297. The smallest absolute Gasteiger partial charge is 0.146 e. The highest BCUT2D eigenvalue weighted by atomic mass is 16.5. The van der Waals surface area contributed by atoms with Gasteiger partial charge in [-0.1, -0.05) is 6.92 Å². The van der Waals surface area contributed by atoms with Crippen molar-refractivity contribution in [3.63, 3.8) is 0 Å². The first-order valence-electron chi connectivity index (χ1n) is 4.25. The second-order valence-corrected chi connectivity index (χ2v) is 3.02. The zero-order chi connectivity index (χ0) is 8.27. The molecule has 1 aliphatic rings. The van der Waals surface area contributed by atoms with Crippen LogP contribution in [0.25, 0.3) is 0 Å². The van der Waals surface area contributed by atoms with Gasteiger partial charge >= 0.3 is 0 Å². The third-order valence-electron chi connectivity index (χ3n) is 2.14. The van der Waals surface area contributed by atoms with Crippen LogP contribution in [-0.2, 0) is 9.84 Å². The van der Waals surface area contributed by atoms with Gasteiger partial charge in [0, 0.05) is 12.6 Å². The lowest BCUT2D eigenvalue weighted by Crippen LogP contribution is -2.48. The zero-order valence-corrected chi connectivity index (χ0v) is 7.25. The Morgan fingerprint density at radius 2 is 2.45 bits per heavy atom. The van der Waals surface area contributed by atoms with Crippen LogP contribution in [-0.4, -0.2) is 36.9 Å². The van der Waals surface area contributed by atoms with Gasteiger partial charge in [0.05, 0.1) is 13.2 Å². The van der Waals surface area contributed by atoms with E-state index < -0.39 is 6.23 Å². The first kappa shape index (κ1) is 8.97. The Morgan fingerprint density at radius 3 is 3.00 bits per heavy atom. The summed E-state index contributed by atoms with van der Waals surface area (Å²) in [5.74, 6) is 0. The topological polar surface area (TPSA) is 32.4 Å². The van der Waals surface area contributed by atoms with Crippen molar-refractivity contribution in [1.82, 2.24) is 4.90 Å². The van der Waals surface area contributed by atoms with Gasteiger partial charge in [-0.05, 0) is 13.3 Å². The second kappa shape index (κ2) is 4.04. The molecule has 1 aliphatic heterocycles. The Kier molecular flexibility index (Phi) is 3.30. The lowest BCUT2D eigenvalue weighted by Gasteiger charge is -2.35. The minimum absolute atomic E-state index is 0.297. The van der Waals surface area contributed by atoms with Gasteiger partial charge in [-0.3, -0.25) is 4.90 Å². The Balaban J connectivity index is 2.40. The number of hydrogen-bond acceptors (Lipinski definition) is 2. The summed E-state index contributed by atoms with van der Waals surface area (Å²) in [4.78, 5) is 1.98. The first-order valence-corrected chi connectivity index (χ1v) is 4.25. The van der Waals surface area contributed by atoms with Crippen LogP contribution in [0.3, 0.4) is 0 Å². The number of morpholine rings is 1. The van der Waals surface area contributed by atoms with Crippen molar-refractivity contribution < 1.29 is 9.84 Å². The molecule has 0 N–H and O–H groups in total. The summed E-state index contributed by atoms with van der Waals surface area (Å²) in [7, 11) is 0. The molecule has 2 unspecified atom stereocenters. The average molecular weight is 158 g/mol. The minimum Gasteiger partial charge on any atom is -0.379 e. The van der Waals surface area contributed by atoms with E-state index in [4.69, 9.17) is 4.74 Å². The van der Waals surface area contributed by atoms with E-state index in [0.717, 1.165) is 6.54 Å². The molecule has 0 aromatic rings. The van der Waals surface area contributed by atoms with Crippen LogP contribution < -0.4 is 0 Å². The first-order chi connectivity index (χ1) is 5.25. The molecule has 0 spiro atoms. The Morgan fingerprint density at radius 1 is 1.73 bits per heavy atom. The van der Waals surface area contributed by atoms with Crippen LogP contribution >= 0.6 is 0 Å². The summed E-state index contributed by atoms with van der Waals surface area (Å²) < 4.78 is 5.23. The maximum Gasteiger partial charge on any atom is 0.146 e. The second-order valence-electron chi connectivity index (χ2n) is 3.02. The largest absolute Gasteiger partial charge is 0.379 e. The van der Waals surface area contributed by atoms with Gasteiger partial charge in [0.2, 0.25) is 0 Å². The van der Waals surface area contributed by atoms with Crippen LogP contribution in [0.1, 0.15) is 20.3 Å². The van der Waals surface area contributed by atoms with E-state index in [1.54, 1.807) is 0 Å². The molecule has 0 amide bonds. The molecular formula is C8H16NO2. The van der Waals surface area contributed by atoms with E-state index >= 15 is 0 Å². The van der Waals surface area contributed by atoms with Gasteiger partial charge in [-0.2, -0.15) is 0 Å². The lowest BCUT2D eigenvalue weighted by molar-refractivity contribution is -0.117. The minimum atomic E-state index is -0.533. The van der Waals surface area contributed by atoms with Gasteiger partial charge in [0.15, 0.2) is 0 Å². The molecular weight excluding hydrogens is 142 g/mol. The molecule has 0 bridgehead atoms. The number of rotatable bonds is 2. The van der Waals surface area contributed by atoms with E-state index in [0.29, 0.717) is 25.7 Å². The molecule has 0 saturated carbocycles. The third kappa shape index (κ3) is 2.15. The van der Waals surface area contributed by atoms with Gasteiger partial charge in [-0.25, -0.2) is 5.11 Å². The summed E-state index contributed by atoms with van der Waals surface area (Å²) >= 11 is 0. The Labute approximate surface area is 68.0 Å². The monoisotopic (exact) mass is 158 g/mol. The Hall–Kier alpha value is -0.120. The maximum absolute atomic E-state index is 11.3. The Bertz CT molecular complexity index is 115. The van der Waals surface area contributed by atoms with Crippen LogP contribution in [0.15, 0.2) is 0 Å². The molecule has 0 aromatic carbocycles. The molecule has 3 heteroatoms. The average Bonchev–Trinajstić information content (AvgIpc) is 2.04. The van der Waals surface area contributed by atoms with Crippen molar-refractivity contribution in [2.24, 2.45) is 0 Å². The van der Waals surface area contributed by atoms with Crippen LogP contribution in [0.5, 0.6) is 0 Å². The predicted molar refractivity (Wildman–Crippen MR) is 41.8 cm³/mol. The molecule has 0 aliphatic carbocycles. The fraction of sp³-hybridized carbons (Fsp3) is 1.00. The molecule has 65 valence electrons. The van der Waals surface area contributed by atoms with Gasteiger partial charge in [0.1, 0.15) is 6.23 Å². The van der Waals surface area contributed by atoms with Crippen molar-refractivity contribution in [3.8, 4) is 0 Å². The van der Waals surface area contributed by atoms with Crippen molar-refractivity contribution >= 4 is 0 Å². The fourth-order valence-corrected chi connectivity index (χ4v) is 1.40. The third-order valence-corrected chi connectivity index (χ3v) is 2.14. The highest BCUT2D eigenvalue weighted by molar-refractivity contribution is 4.72. The highest BCUT2D eigenvalue weighted by Crippen LogP contribution is 2.11. The summed E-state index contributed by atoms with van der Waals surface area (Å²) in [5.41, 5.74) is 0. The van der Waals surface area contributed by atoms with E-state index in [1.165, 1.54) is 0 Å². The van der Waals surface area contributed by atoms with E-state index in [9.17, 15) is 5.11 Å². The van der Waals surface area contributed by atoms with Crippen molar-refractivity contribution in [2.45, 2.75) is 32.5 Å². The van der Waals surface area contributed by atoms with Crippen LogP contribution in [0, 0.1) is 0 Å². The fourth-order valence-electron chi connectivity index (χ4n) is 1.40. The maximum atomic E-state index is 11.3. The van der Waals surface area contributed by atoms with Gasteiger partial charge in [0.25, 0.3) is 0 Å². The van der Waals surface area contributed by atoms with Crippen LogP contribution in [0.2, 0.25) is 0 Å². The molecule has 3 nitrogen and oxygen atoms in total. The van der Waals surface area contributed by atoms with Gasteiger partial charge < -0.3 is 4.74 Å².